The SMILES string of the molecule is CP(C)(C)(C)OB(O)OC(c1ccccc1)(c1ccccc1)c1ccccc1. The van der Waals surface area contributed by atoms with Crippen LogP contribution in [-0.2, 0) is 14.7 Å². The van der Waals surface area contributed by atoms with E-state index in [-0.39, 0.29) is 0 Å². The molecule has 0 spiro atoms. The van der Waals surface area contributed by atoms with E-state index in [0.29, 0.717) is 0 Å². The number of rotatable bonds is 7. The molecule has 0 saturated heterocycles. The van der Waals surface area contributed by atoms with Gasteiger partial charge in [-0.15, -0.1) is 0 Å². The maximum absolute atomic E-state index is 10.9. The van der Waals surface area contributed by atoms with Crippen LogP contribution in [0.4, 0.5) is 0 Å². The van der Waals surface area contributed by atoms with Gasteiger partial charge in [0.1, 0.15) is 0 Å². The van der Waals surface area contributed by atoms with E-state index < -0.39 is 19.8 Å². The monoisotopic (exact) mass is 394 g/mol. The predicted octanol–water partition coefficient (Wildman–Crippen LogP) is 4.98. The molecule has 0 aromatic heterocycles. The molecule has 28 heavy (non-hydrogen) atoms. The first kappa shape index (κ1) is 20.8. The minimum absolute atomic E-state index is 0.926. The Bertz CT molecular complexity index is 787. The fourth-order valence-corrected chi connectivity index (χ4v) is 4.02. The Labute approximate surface area is 168 Å². The van der Waals surface area contributed by atoms with Crippen LogP contribution in [0.3, 0.4) is 0 Å². The molecule has 0 bridgehead atoms. The number of hydrogen-bond acceptors (Lipinski definition) is 3. The molecule has 0 amide bonds. The van der Waals surface area contributed by atoms with Crippen LogP contribution in [0.5, 0.6) is 0 Å². The summed E-state index contributed by atoms with van der Waals surface area (Å²) in [7, 11) is -1.37. The summed E-state index contributed by atoms with van der Waals surface area (Å²) in [5.74, 6) is 0. The molecule has 146 valence electrons. The first-order valence-electron chi connectivity index (χ1n) is 9.39. The Kier molecular flexibility index (Phi) is 5.79. The van der Waals surface area contributed by atoms with E-state index in [1.165, 1.54) is 0 Å². The second-order valence-electron chi connectivity index (χ2n) is 8.72. The molecule has 1 N–H and O–H groups in total. The molecule has 3 aromatic rings. The van der Waals surface area contributed by atoms with Crippen molar-refractivity contribution in [2.45, 2.75) is 5.60 Å². The van der Waals surface area contributed by atoms with Gasteiger partial charge in [-0.2, -0.15) is 0 Å². The van der Waals surface area contributed by atoms with Gasteiger partial charge in [-0.25, -0.2) is 0 Å². The van der Waals surface area contributed by atoms with Crippen molar-refractivity contribution in [1.82, 2.24) is 0 Å². The van der Waals surface area contributed by atoms with Crippen LogP contribution in [0, 0.1) is 0 Å². The zero-order chi connectivity index (χ0) is 20.3. The molecule has 0 aliphatic heterocycles. The van der Waals surface area contributed by atoms with E-state index in [4.69, 9.17) is 9.10 Å². The van der Waals surface area contributed by atoms with E-state index in [1.807, 2.05) is 118 Å². The van der Waals surface area contributed by atoms with Crippen molar-refractivity contribution >= 4 is 14.2 Å². The van der Waals surface area contributed by atoms with Crippen molar-refractivity contribution in [3.63, 3.8) is 0 Å². The number of hydrogen-bond donors (Lipinski definition) is 1. The average Bonchev–Trinajstić information content (AvgIpc) is 2.66. The molecule has 0 aliphatic rings. The van der Waals surface area contributed by atoms with Crippen molar-refractivity contribution in [3.05, 3.63) is 108 Å². The Hall–Kier alpha value is -1.97. The van der Waals surface area contributed by atoms with Crippen LogP contribution in [0.15, 0.2) is 91.0 Å². The quantitative estimate of drug-likeness (QED) is 0.349. The summed E-state index contributed by atoms with van der Waals surface area (Å²) >= 11 is 0. The Morgan fingerprint density at radius 3 is 1.25 bits per heavy atom. The van der Waals surface area contributed by atoms with Gasteiger partial charge in [0.2, 0.25) is 0 Å². The van der Waals surface area contributed by atoms with Gasteiger partial charge in [-0.3, -0.25) is 0 Å². The normalized spacial score (nSPS) is 13.5. The standard InChI is InChI=1S/C23H28BO3P/c1-28(2,3,4)27-24(25)26-23(20-14-8-5-9-15-20,21-16-10-6-11-17-21)22-18-12-7-13-19-22/h5-19,25H,1-4H3. The Morgan fingerprint density at radius 1 is 0.643 bits per heavy atom. The van der Waals surface area contributed by atoms with Gasteiger partial charge in [0, 0.05) is 0 Å². The van der Waals surface area contributed by atoms with Crippen molar-refractivity contribution in [1.29, 1.82) is 0 Å². The average molecular weight is 394 g/mol. The maximum atomic E-state index is 10.9. The van der Waals surface area contributed by atoms with Crippen LogP contribution in [0.25, 0.3) is 0 Å². The summed E-state index contributed by atoms with van der Waals surface area (Å²) in [6.07, 6.45) is 0. The molecule has 0 unspecified atom stereocenters. The third-order valence-corrected chi connectivity index (χ3v) is 5.35. The van der Waals surface area contributed by atoms with Crippen molar-refractivity contribution in [2.24, 2.45) is 0 Å². The van der Waals surface area contributed by atoms with E-state index in [1.54, 1.807) is 0 Å². The summed E-state index contributed by atoms with van der Waals surface area (Å²) in [5.41, 5.74) is 1.78. The summed E-state index contributed by atoms with van der Waals surface area (Å²) in [5, 5.41) is 10.9. The predicted molar refractivity (Wildman–Crippen MR) is 120 cm³/mol. The second-order valence-corrected chi connectivity index (χ2v) is 15.8. The van der Waals surface area contributed by atoms with E-state index in [2.05, 4.69) is 0 Å². The summed E-state index contributed by atoms with van der Waals surface area (Å²) in [6, 6.07) is 29.9. The Morgan fingerprint density at radius 2 is 0.964 bits per heavy atom. The molecule has 0 heterocycles. The molecule has 0 fully saturated rings. The molecule has 0 aliphatic carbocycles. The third kappa shape index (κ3) is 4.90. The fraction of sp³-hybridized carbons (Fsp3) is 0.217. The van der Waals surface area contributed by atoms with Crippen LogP contribution in [0.2, 0.25) is 0 Å². The molecular formula is C23H28BO3P. The van der Waals surface area contributed by atoms with Crippen molar-refractivity contribution in [3.8, 4) is 0 Å². The van der Waals surface area contributed by atoms with Crippen LogP contribution in [0.1, 0.15) is 16.7 Å². The molecule has 3 nitrogen and oxygen atoms in total. The minimum atomic E-state index is -2.47. The second kappa shape index (κ2) is 7.81. The van der Waals surface area contributed by atoms with Gasteiger partial charge < -0.3 is 0 Å². The number of benzene rings is 3. The Balaban J connectivity index is 2.20. The van der Waals surface area contributed by atoms with Crippen LogP contribution < -0.4 is 0 Å². The molecule has 5 heteroatoms. The van der Waals surface area contributed by atoms with Gasteiger partial charge in [0.25, 0.3) is 0 Å². The summed E-state index contributed by atoms with van der Waals surface area (Å²) in [6.45, 7) is 5.67. The van der Waals surface area contributed by atoms with Gasteiger partial charge in [0.05, 0.1) is 0 Å². The van der Waals surface area contributed by atoms with Crippen molar-refractivity contribution in [2.75, 3.05) is 26.7 Å². The fourth-order valence-electron chi connectivity index (χ4n) is 3.26. The van der Waals surface area contributed by atoms with Gasteiger partial charge in [0.15, 0.2) is 0 Å². The van der Waals surface area contributed by atoms with Crippen molar-refractivity contribution < 1.29 is 14.1 Å². The van der Waals surface area contributed by atoms with E-state index in [0.717, 1.165) is 16.7 Å². The first-order chi connectivity index (χ1) is 13.2. The van der Waals surface area contributed by atoms with Crippen LogP contribution in [-0.4, -0.2) is 39.0 Å². The molecule has 0 saturated carbocycles. The zero-order valence-electron chi connectivity index (χ0n) is 16.9. The molecule has 3 rings (SSSR count). The summed E-state index contributed by atoms with van der Waals surface area (Å²) < 4.78 is 12.4. The third-order valence-electron chi connectivity index (χ3n) is 4.33. The first-order valence-corrected chi connectivity index (χ1v) is 13.3. The topological polar surface area (TPSA) is 38.7 Å². The molecular weight excluding hydrogens is 366 g/mol. The molecule has 3 aromatic carbocycles. The van der Waals surface area contributed by atoms with Crippen LogP contribution >= 0.6 is 6.83 Å². The zero-order valence-corrected chi connectivity index (χ0v) is 17.8. The van der Waals surface area contributed by atoms with Gasteiger partial charge >= 0.3 is 168 Å². The molecule has 0 radical (unpaired) electrons. The molecule has 0 atom stereocenters. The van der Waals surface area contributed by atoms with E-state index >= 15 is 0 Å². The van der Waals surface area contributed by atoms with Gasteiger partial charge in [-0.05, 0) is 0 Å². The van der Waals surface area contributed by atoms with E-state index in [9.17, 15) is 5.02 Å². The van der Waals surface area contributed by atoms with Gasteiger partial charge in [-0.1, -0.05) is 0 Å². The summed E-state index contributed by atoms with van der Waals surface area (Å²) in [4.78, 5) is 0.